The van der Waals surface area contributed by atoms with Gasteiger partial charge in [0.1, 0.15) is 12.6 Å². The molecule has 0 aromatic carbocycles. The number of likely N-dealkylation sites (tertiary alicyclic amines) is 2. The van der Waals surface area contributed by atoms with E-state index in [4.69, 9.17) is 4.74 Å². The molecule has 1 unspecified atom stereocenters. The molecule has 2 aliphatic heterocycles. The van der Waals surface area contributed by atoms with E-state index in [1.165, 1.54) is 32.4 Å². The molecule has 0 radical (unpaired) electrons. The monoisotopic (exact) mass is 240 g/mol. The van der Waals surface area contributed by atoms with Crippen LogP contribution >= 0.6 is 0 Å². The maximum absolute atomic E-state index is 11.9. The number of carbonyl (C=O) groups excluding carboxylic acids is 1. The Balaban J connectivity index is 1.65. The highest BCUT2D eigenvalue weighted by Gasteiger charge is 2.27. The number of hydrogen-bond acceptors (Lipinski definition) is 4. The van der Waals surface area contributed by atoms with Gasteiger partial charge in [0, 0.05) is 6.54 Å². The fourth-order valence-electron chi connectivity index (χ4n) is 2.75. The number of nitrogens with zero attached hydrogens (tertiary/aromatic N) is 2. The first-order valence-electron chi connectivity index (χ1n) is 6.86. The molecule has 0 aromatic heterocycles. The minimum atomic E-state index is -0.0219. The first-order valence-corrected chi connectivity index (χ1v) is 6.86. The standard InChI is InChI=1S/C13H24N2O2/c1-14-7-3-2-6-12(14)13(16)17-11-10-15-8-4-5-9-15/h12H,2-11H2,1H3. The second-order valence-corrected chi connectivity index (χ2v) is 5.21. The number of likely N-dealkylation sites (N-methyl/N-ethyl adjacent to an activating group) is 1. The Kier molecular flexibility index (Phi) is 4.80. The smallest absolute Gasteiger partial charge is 0.323 e. The second kappa shape index (κ2) is 6.36. The Morgan fingerprint density at radius 2 is 1.88 bits per heavy atom. The molecule has 0 amide bonds. The molecule has 17 heavy (non-hydrogen) atoms. The summed E-state index contributed by atoms with van der Waals surface area (Å²) in [5, 5.41) is 0. The topological polar surface area (TPSA) is 32.8 Å². The summed E-state index contributed by atoms with van der Waals surface area (Å²) in [4.78, 5) is 16.4. The zero-order valence-corrected chi connectivity index (χ0v) is 10.9. The van der Waals surface area contributed by atoms with E-state index in [-0.39, 0.29) is 12.0 Å². The van der Waals surface area contributed by atoms with E-state index in [9.17, 15) is 4.79 Å². The lowest BCUT2D eigenvalue weighted by Gasteiger charge is -2.30. The van der Waals surface area contributed by atoms with Gasteiger partial charge in [0.25, 0.3) is 0 Å². The van der Waals surface area contributed by atoms with Gasteiger partial charge in [0.15, 0.2) is 0 Å². The third-order valence-electron chi connectivity index (χ3n) is 3.89. The van der Waals surface area contributed by atoms with E-state index in [2.05, 4.69) is 9.80 Å². The van der Waals surface area contributed by atoms with Crippen molar-refractivity contribution in [2.45, 2.75) is 38.1 Å². The normalized spacial score (nSPS) is 27.2. The molecule has 1 atom stereocenters. The maximum Gasteiger partial charge on any atom is 0.323 e. The lowest BCUT2D eigenvalue weighted by molar-refractivity contribution is -0.151. The van der Waals surface area contributed by atoms with Crippen LogP contribution in [0.4, 0.5) is 0 Å². The largest absolute Gasteiger partial charge is 0.463 e. The van der Waals surface area contributed by atoms with Gasteiger partial charge in [-0.05, 0) is 52.4 Å². The first-order chi connectivity index (χ1) is 8.27. The Morgan fingerprint density at radius 1 is 1.18 bits per heavy atom. The third kappa shape index (κ3) is 3.68. The zero-order chi connectivity index (χ0) is 12.1. The molecule has 0 bridgehead atoms. The number of rotatable bonds is 4. The molecule has 0 aliphatic carbocycles. The summed E-state index contributed by atoms with van der Waals surface area (Å²) in [6.07, 6.45) is 5.89. The fraction of sp³-hybridized carbons (Fsp3) is 0.923. The summed E-state index contributed by atoms with van der Waals surface area (Å²) in [6.45, 7) is 4.82. The van der Waals surface area contributed by atoms with Gasteiger partial charge in [0.2, 0.25) is 0 Å². The molecule has 2 rings (SSSR count). The van der Waals surface area contributed by atoms with Gasteiger partial charge in [-0.2, -0.15) is 0 Å². The van der Waals surface area contributed by atoms with Crippen LogP contribution in [0.5, 0.6) is 0 Å². The van der Waals surface area contributed by atoms with E-state index in [1.807, 2.05) is 7.05 Å². The maximum atomic E-state index is 11.9. The second-order valence-electron chi connectivity index (χ2n) is 5.21. The zero-order valence-electron chi connectivity index (χ0n) is 10.9. The van der Waals surface area contributed by atoms with Crippen LogP contribution in [0.25, 0.3) is 0 Å². The van der Waals surface area contributed by atoms with Gasteiger partial charge in [-0.15, -0.1) is 0 Å². The SMILES string of the molecule is CN1CCCCC1C(=O)OCCN1CCCC1. The molecule has 2 saturated heterocycles. The van der Waals surface area contributed by atoms with Crippen LogP contribution in [0.15, 0.2) is 0 Å². The van der Waals surface area contributed by atoms with Crippen molar-refractivity contribution in [3.05, 3.63) is 0 Å². The molecule has 0 aromatic rings. The van der Waals surface area contributed by atoms with Gasteiger partial charge in [0.05, 0.1) is 0 Å². The van der Waals surface area contributed by atoms with Crippen LogP contribution in [-0.4, -0.2) is 61.6 Å². The van der Waals surface area contributed by atoms with E-state index in [0.717, 1.165) is 25.9 Å². The molecule has 2 aliphatic rings. The van der Waals surface area contributed by atoms with Crippen LogP contribution in [-0.2, 0) is 9.53 Å². The predicted molar refractivity (Wildman–Crippen MR) is 66.9 cm³/mol. The number of piperidine rings is 1. The summed E-state index contributed by atoms with van der Waals surface area (Å²) in [6, 6.07) is 0.00216. The van der Waals surface area contributed by atoms with Crippen molar-refractivity contribution in [3.8, 4) is 0 Å². The van der Waals surface area contributed by atoms with Crippen LogP contribution < -0.4 is 0 Å². The average Bonchev–Trinajstić information content (AvgIpc) is 2.82. The number of esters is 1. The lowest BCUT2D eigenvalue weighted by atomic mass is 10.0. The van der Waals surface area contributed by atoms with Crippen molar-refractivity contribution in [3.63, 3.8) is 0 Å². The Morgan fingerprint density at radius 3 is 2.59 bits per heavy atom. The molecule has 98 valence electrons. The molecule has 2 fully saturated rings. The van der Waals surface area contributed by atoms with Gasteiger partial charge < -0.3 is 4.74 Å². The highest BCUT2D eigenvalue weighted by molar-refractivity contribution is 5.75. The quantitative estimate of drug-likeness (QED) is 0.689. The summed E-state index contributed by atoms with van der Waals surface area (Å²) < 4.78 is 5.39. The third-order valence-corrected chi connectivity index (χ3v) is 3.89. The van der Waals surface area contributed by atoms with Crippen LogP contribution in [0.3, 0.4) is 0 Å². The van der Waals surface area contributed by atoms with Crippen molar-refractivity contribution < 1.29 is 9.53 Å². The van der Waals surface area contributed by atoms with Crippen molar-refractivity contribution in [2.75, 3.05) is 39.8 Å². The number of carbonyl (C=O) groups is 1. The van der Waals surface area contributed by atoms with Crippen LogP contribution in [0, 0.1) is 0 Å². The highest BCUT2D eigenvalue weighted by Crippen LogP contribution is 2.16. The van der Waals surface area contributed by atoms with Crippen molar-refractivity contribution in [1.82, 2.24) is 9.80 Å². The Bertz CT molecular complexity index is 252. The van der Waals surface area contributed by atoms with E-state index < -0.39 is 0 Å². The molecular formula is C13H24N2O2. The first kappa shape index (κ1) is 12.8. The summed E-state index contributed by atoms with van der Waals surface area (Å²) in [7, 11) is 2.02. The summed E-state index contributed by atoms with van der Waals surface area (Å²) in [5.41, 5.74) is 0. The van der Waals surface area contributed by atoms with Gasteiger partial charge in [-0.3, -0.25) is 14.6 Å². The average molecular weight is 240 g/mol. The molecule has 4 heteroatoms. The molecule has 0 N–H and O–H groups in total. The molecule has 0 saturated carbocycles. The Labute approximate surface area is 104 Å². The van der Waals surface area contributed by atoms with Gasteiger partial charge >= 0.3 is 5.97 Å². The number of ether oxygens (including phenoxy) is 1. The minimum absolute atomic E-state index is 0.00216. The van der Waals surface area contributed by atoms with Crippen molar-refractivity contribution in [1.29, 1.82) is 0 Å². The van der Waals surface area contributed by atoms with E-state index in [1.54, 1.807) is 0 Å². The molecule has 4 nitrogen and oxygen atoms in total. The number of hydrogen-bond donors (Lipinski definition) is 0. The lowest BCUT2D eigenvalue weighted by Crippen LogP contribution is -2.43. The summed E-state index contributed by atoms with van der Waals surface area (Å²) >= 11 is 0. The van der Waals surface area contributed by atoms with Crippen molar-refractivity contribution >= 4 is 5.97 Å². The van der Waals surface area contributed by atoms with Crippen LogP contribution in [0.2, 0.25) is 0 Å². The fourth-order valence-corrected chi connectivity index (χ4v) is 2.75. The molecule has 2 heterocycles. The molecule has 0 spiro atoms. The predicted octanol–water partition coefficient (Wildman–Crippen LogP) is 1.11. The summed E-state index contributed by atoms with van der Waals surface area (Å²) in [5.74, 6) is -0.0219. The van der Waals surface area contributed by atoms with Gasteiger partial charge in [-0.25, -0.2) is 0 Å². The van der Waals surface area contributed by atoms with Crippen molar-refractivity contribution in [2.24, 2.45) is 0 Å². The highest BCUT2D eigenvalue weighted by atomic mass is 16.5. The van der Waals surface area contributed by atoms with E-state index in [0.29, 0.717) is 6.61 Å². The van der Waals surface area contributed by atoms with E-state index >= 15 is 0 Å². The van der Waals surface area contributed by atoms with Gasteiger partial charge in [-0.1, -0.05) is 6.42 Å². The Hall–Kier alpha value is -0.610. The molecular weight excluding hydrogens is 216 g/mol. The minimum Gasteiger partial charge on any atom is -0.463 e. The van der Waals surface area contributed by atoms with Crippen LogP contribution in [0.1, 0.15) is 32.1 Å².